The SMILES string of the molecule is CC/C=C/C(=C\C=C(/C)C1=NNC(c2ccc(OCCF)cn2)=NN1)OCCSF. The monoisotopic (exact) mass is 437 g/mol. The minimum Gasteiger partial charge on any atom is -0.493 e. The molecule has 7 nitrogen and oxygen atoms in total. The average molecular weight is 438 g/mol. The summed E-state index contributed by atoms with van der Waals surface area (Å²) in [4.78, 5) is 4.22. The second-order valence-corrected chi connectivity index (χ2v) is 6.58. The van der Waals surface area contributed by atoms with Gasteiger partial charge in [0.1, 0.15) is 30.5 Å². The summed E-state index contributed by atoms with van der Waals surface area (Å²) in [7, 11) is 0. The number of hydrogen-bond donors (Lipinski definition) is 2. The molecule has 1 aromatic heterocycles. The van der Waals surface area contributed by atoms with E-state index in [0.29, 0.717) is 28.9 Å². The fourth-order valence-electron chi connectivity index (χ4n) is 2.18. The lowest BCUT2D eigenvalue weighted by molar-refractivity contribution is 0.245. The number of halogens is 2. The van der Waals surface area contributed by atoms with E-state index in [4.69, 9.17) is 9.47 Å². The highest BCUT2D eigenvalue weighted by atomic mass is 32.2. The second kappa shape index (κ2) is 13.4. The third-order valence-electron chi connectivity index (χ3n) is 3.69. The summed E-state index contributed by atoms with van der Waals surface area (Å²) in [6, 6.07) is 3.39. The Balaban J connectivity index is 1.98. The summed E-state index contributed by atoms with van der Waals surface area (Å²) < 4.78 is 35.1. The van der Waals surface area contributed by atoms with E-state index in [1.165, 1.54) is 6.20 Å². The molecule has 0 atom stereocenters. The van der Waals surface area contributed by atoms with Crippen molar-refractivity contribution >= 4 is 23.8 Å². The molecule has 2 N–H and O–H groups in total. The molecule has 162 valence electrons. The molecule has 2 rings (SSSR count). The summed E-state index contributed by atoms with van der Waals surface area (Å²) in [6.07, 6.45) is 9.81. The summed E-state index contributed by atoms with van der Waals surface area (Å²) in [5.41, 5.74) is 7.11. The fraction of sp³-hybridized carbons (Fsp3) is 0.350. The van der Waals surface area contributed by atoms with Crippen LogP contribution in [0, 0.1) is 0 Å². The molecule has 1 aromatic rings. The van der Waals surface area contributed by atoms with Crippen LogP contribution >= 0.6 is 12.1 Å². The first-order chi connectivity index (χ1) is 14.7. The van der Waals surface area contributed by atoms with E-state index in [-0.39, 0.29) is 31.1 Å². The number of aromatic nitrogens is 1. The first-order valence-corrected chi connectivity index (χ1v) is 10.3. The van der Waals surface area contributed by atoms with Crippen molar-refractivity contribution in [3.05, 3.63) is 59.7 Å². The number of amidine groups is 2. The zero-order valence-corrected chi connectivity index (χ0v) is 17.7. The molecule has 0 radical (unpaired) electrons. The van der Waals surface area contributed by atoms with Crippen LogP contribution in [-0.4, -0.2) is 42.3 Å². The van der Waals surface area contributed by atoms with Gasteiger partial charge in [0.2, 0.25) is 0 Å². The van der Waals surface area contributed by atoms with E-state index in [1.54, 1.807) is 18.2 Å². The van der Waals surface area contributed by atoms with Crippen molar-refractivity contribution in [2.45, 2.75) is 20.3 Å². The number of alkyl halides is 1. The highest BCUT2D eigenvalue weighted by molar-refractivity contribution is 7.94. The van der Waals surface area contributed by atoms with Crippen LogP contribution in [-0.2, 0) is 4.74 Å². The van der Waals surface area contributed by atoms with Gasteiger partial charge in [-0.15, -0.1) is 0 Å². The van der Waals surface area contributed by atoms with Crippen LogP contribution in [0.3, 0.4) is 0 Å². The van der Waals surface area contributed by atoms with Gasteiger partial charge in [0.05, 0.1) is 18.6 Å². The van der Waals surface area contributed by atoms with E-state index >= 15 is 0 Å². The molecule has 0 fully saturated rings. The summed E-state index contributed by atoms with van der Waals surface area (Å²) in [6.45, 7) is 3.61. The van der Waals surface area contributed by atoms with Gasteiger partial charge in [0, 0.05) is 12.1 Å². The van der Waals surface area contributed by atoms with Gasteiger partial charge in [-0.3, -0.25) is 10.9 Å². The van der Waals surface area contributed by atoms with Gasteiger partial charge < -0.3 is 9.47 Å². The van der Waals surface area contributed by atoms with Crippen molar-refractivity contribution < 1.29 is 17.7 Å². The topological polar surface area (TPSA) is 80.1 Å². The van der Waals surface area contributed by atoms with Crippen LogP contribution in [0.5, 0.6) is 5.75 Å². The van der Waals surface area contributed by atoms with Crippen molar-refractivity contribution in [1.82, 2.24) is 15.8 Å². The van der Waals surface area contributed by atoms with Gasteiger partial charge in [-0.05, 0) is 43.2 Å². The number of allylic oxidation sites excluding steroid dienone is 4. The van der Waals surface area contributed by atoms with Crippen LogP contribution in [0.4, 0.5) is 8.28 Å². The zero-order chi connectivity index (χ0) is 21.6. The first-order valence-electron chi connectivity index (χ1n) is 9.42. The standard InChI is InChI=1S/C20H25F2N5O2S/c1-3-4-5-16(29-12-13-30-22)7-6-15(2)19-24-26-20(27-25-19)18-9-8-17(14-23-18)28-11-10-21/h4-9,14H,3,10-13H2,1-2H3,(H,24,25)(H,26,27)/b5-4+,15-6+,16-7+. The van der Waals surface area contributed by atoms with Gasteiger partial charge in [-0.25, -0.2) is 9.37 Å². The smallest absolute Gasteiger partial charge is 0.192 e. The summed E-state index contributed by atoms with van der Waals surface area (Å²) in [5.74, 6) is 2.37. The number of nitrogens with one attached hydrogen (secondary N) is 2. The van der Waals surface area contributed by atoms with Gasteiger partial charge in [0.15, 0.2) is 11.7 Å². The zero-order valence-electron chi connectivity index (χ0n) is 16.9. The second-order valence-electron chi connectivity index (χ2n) is 5.95. The molecule has 0 spiro atoms. The molecule has 0 saturated heterocycles. The lowest BCUT2D eigenvalue weighted by Gasteiger charge is -2.15. The molecular weight excluding hydrogens is 412 g/mol. The van der Waals surface area contributed by atoms with Crippen molar-refractivity contribution in [2.24, 2.45) is 10.2 Å². The molecule has 0 unspecified atom stereocenters. The molecule has 0 aromatic carbocycles. The van der Waals surface area contributed by atoms with Gasteiger partial charge >= 0.3 is 0 Å². The minimum absolute atomic E-state index is 0.00864. The molecule has 1 aliphatic rings. The Kier molecular flexibility index (Phi) is 10.4. The van der Waals surface area contributed by atoms with Crippen LogP contribution in [0.15, 0.2) is 64.2 Å². The molecule has 0 saturated carbocycles. The van der Waals surface area contributed by atoms with Crippen LogP contribution in [0.2, 0.25) is 0 Å². The third kappa shape index (κ3) is 7.86. The molecule has 10 heteroatoms. The number of nitrogens with zero attached hydrogens (tertiary/aromatic N) is 3. The van der Waals surface area contributed by atoms with Crippen molar-refractivity contribution in [3.63, 3.8) is 0 Å². The highest BCUT2D eigenvalue weighted by Crippen LogP contribution is 2.11. The molecular formula is C20H25F2N5O2S. The number of hydrogen-bond acceptors (Lipinski definition) is 8. The Labute approximate surface area is 179 Å². The molecule has 2 heterocycles. The van der Waals surface area contributed by atoms with Crippen molar-refractivity contribution in [2.75, 3.05) is 25.6 Å². The van der Waals surface area contributed by atoms with Crippen LogP contribution in [0.25, 0.3) is 0 Å². The largest absolute Gasteiger partial charge is 0.493 e. The maximum atomic E-state index is 12.2. The summed E-state index contributed by atoms with van der Waals surface area (Å²) >= 11 is 0.246. The lowest BCUT2D eigenvalue weighted by atomic mass is 10.2. The number of pyridine rings is 1. The average Bonchev–Trinajstić information content (AvgIpc) is 2.79. The van der Waals surface area contributed by atoms with Crippen LogP contribution < -0.4 is 15.6 Å². The minimum atomic E-state index is -0.557. The number of hydrazone groups is 2. The molecule has 1 aliphatic heterocycles. The van der Waals surface area contributed by atoms with E-state index in [9.17, 15) is 8.28 Å². The van der Waals surface area contributed by atoms with Gasteiger partial charge in [0.25, 0.3) is 0 Å². The van der Waals surface area contributed by atoms with E-state index in [1.807, 2.05) is 32.1 Å². The Morgan fingerprint density at radius 3 is 2.70 bits per heavy atom. The fourth-order valence-corrected chi connectivity index (χ4v) is 2.33. The van der Waals surface area contributed by atoms with Crippen molar-refractivity contribution in [3.8, 4) is 5.75 Å². The van der Waals surface area contributed by atoms with Gasteiger partial charge in [-0.1, -0.05) is 19.1 Å². The Hall–Kier alpha value is -2.88. The van der Waals surface area contributed by atoms with Crippen molar-refractivity contribution in [1.29, 1.82) is 0 Å². The third-order valence-corrected chi connectivity index (χ3v) is 4.01. The highest BCUT2D eigenvalue weighted by Gasteiger charge is 2.12. The van der Waals surface area contributed by atoms with E-state index in [0.717, 1.165) is 12.0 Å². The Morgan fingerprint density at radius 2 is 2.07 bits per heavy atom. The maximum Gasteiger partial charge on any atom is 0.192 e. The van der Waals surface area contributed by atoms with Gasteiger partial charge in [-0.2, -0.15) is 14.1 Å². The predicted molar refractivity (Wildman–Crippen MR) is 117 cm³/mol. The summed E-state index contributed by atoms with van der Waals surface area (Å²) in [5, 5.41) is 8.51. The van der Waals surface area contributed by atoms with E-state index in [2.05, 4.69) is 26.0 Å². The van der Waals surface area contributed by atoms with E-state index < -0.39 is 6.67 Å². The number of rotatable bonds is 12. The number of ether oxygens (including phenoxy) is 2. The molecule has 0 bridgehead atoms. The van der Waals surface area contributed by atoms with Crippen LogP contribution in [0.1, 0.15) is 26.0 Å². The quantitative estimate of drug-likeness (QED) is 0.292. The Bertz CT molecular complexity index is 823. The molecule has 0 amide bonds. The normalized spacial score (nSPS) is 14.7. The predicted octanol–water partition coefficient (Wildman–Crippen LogP) is 4.03. The lowest BCUT2D eigenvalue weighted by Crippen LogP contribution is -2.35. The Morgan fingerprint density at radius 1 is 1.20 bits per heavy atom. The first kappa shape index (κ1) is 23.4. The molecule has 30 heavy (non-hydrogen) atoms. The maximum absolute atomic E-state index is 12.2. The molecule has 0 aliphatic carbocycles.